The average Bonchev–Trinajstić information content (AvgIpc) is 1.65. The molecule has 0 amide bonds. The van der Waals surface area contributed by atoms with Gasteiger partial charge in [-0.05, 0) is 0 Å². The first kappa shape index (κ1) is 7.62. The van der Waals surface area contributed by atoms with E-state index in [9.17, 15) is 0 Å². The SMILES string of the molecule is OCC(O)[CH](O)[Au]. The Bertz CT molecular complexity index is 47.4. The molecule has 0 aliphatic carbocycles. The van der Waals surface area contributed by atoms with Crippen LogP contribution in [0.4, 0.5) is 0 Å². The van der Waals surface area contributed by atoms with Gasteiger partial charge in [0, 0.05) is 0 Å². The Balaban J connectivity index is 3.14. The third-order valence-electron chi connectivity index (χ3n) is 0.475. The first-order valence-corrected chi connectivity index (χ1v) is 3.00. The van der Waals surface area contributed by atoms with Crippen molar-refractivity contribution in [2.45, 2.75) is 10.4 Å². The Hall–Kier alpha value is 0.620. The van der Waals surface area contributed by atoms with Crippen LogP contribution in [0.25, 0.3) is 0 Å². The van der Waals surface area contributed by atoms with Gasteiger partial charge in [-0.3, -0.25) is 0 Å². The van der Waals surface area contributed by atoms with Crippen LogP contribution in [0.1, 0.15) is 0 Å². The zero-order valence-electron chi connectivity index (χ0n) is 3.50. The number of aliphatic hydroxyl groups excluding tert-OH is 3. The van der Waals surface area contributed by atoms with Gasteiger partial charge in [-0.2, -0.15) is 0 Å². The molecule has 4 heteroatoms. The van der Waals surface area contributed by atoms with Gasteiger partial charge in [0.15, 0.2) is 0 Å². The summed E-state index contributed by atoms with van der Waals surface area (Å²) < 4.78 is -0.884. The zero-order valence-corrected chi connectivity index (χ0v) is 5.67. The van der Waals surface area contributed by atoms with Crippen molar-refractivity contribution in [3.8, 4) is 0 Å². The predicted molar refractivity (Wildman–Crippen MR) is 19.1 cm³/mol. The van der Waals surface area contributed by atoms with Crippen molar-refractivity contribution in [2.75, 3.05) is 6.61 Å². The average molecular weight is 288 g/mol. The number of rotatable bonds is 2. The number of hydrogen-bond acceptors (Lipinski definition) is 3. The van der Waals surface area contributed by atoms with Gasteiger partial charge in [-0.15, -0.1) is 0 Å². The maximum absolute atomic E-state index is 8.42. The summed E-state index contributed by atoms with van der Waals surface area (Å²) in [6.45, 7) is -0.391. The molecule has 48 valence electrons. The minimum absolute atomic E-state index is 0.391. The van der Waals surface area contributed by atoms with E-state index in [4.69, 9.17) is 15.3 Å². The van der Waals surface area contributed by atoms with Crippen LogP contribution >= 0.6 is 0 Å². The van der Waals surface area contributed by atoms with Crippen molar-refractivity contribution in [3.63, 3.8) is 0 Å². The van der Waals surface area contributed by atoms with E-state index in [1.807, 2.05) is 0 Å². The van der Waals surface area contributed by atoms with Crippen LogP contribution in [0.3, 0.4) is 0 Å². The molecule has 0 radical (unpaired) electrons. The standard InChI is InChI=1S/C3H7O3.Au/c4-1-3(6)2-5;/h1,3-6H,2H2;. The fourth-order valence-corrected chi connectivity index (χ4v) is 0.307. The zero-order chi connectivity index (χ0) is 5.86. The molecule has 0 rings (SSSR count). The Kier molecular flexibility index (Phi) is 3.92. The van der Waals surface area contributed by atoms with E-state index in [1.54, 1.807) is 21.1 Å². The van der Waals surface area contributed by atoms with Gasteiger partial charge in [-0.1, -0.05) is 0 Å². The van der Waals surface area contributed by atoms with Crippen LogP contribution in [-0.2, 0) is 21.1 Å². The van der Waals surface area contributed by atoms with E-state index >= 15 is 0 Å². The van der Waals surface area contributed by atoms with E-state index in [0.717, 1.165) is 0 Å². The molecular formula is C3H7AuO3. The van der Waals surface area contributed by atoms with Crippen molar-refractivity contribution < 1.29 is 36.4 Å². The molecule has 0 aromatic heterocycles. The molecule has 7 heavy (non-hydrogen) atoms. The van der Waals surface area contributed by atoms with Crippen LogP contribution in [0, 0.1) is 0 Å². The van der Waals surface area contributed by atoms with Gasteiger partial charge in [0.05, 0.1) is 0 Å². The van der Waals surface area contributed by atoms with Crippen LogP contribution < -0.4 is 0 Å². The van der Waals surface area contributed by atoms with E-state index < -0.39 is 17.0 Å². The Labute approximate surface area is 53.9 Å². The fourth-order valence-electron chi connectivity index (χ4n) is 0.0789. The fraction of sp³-hybridized carbons (Fsp3) is 1.00. The molecule has 0 fully saturated rings. The summed E-state index contributed by atoms with van der Waals surface area (Å²) in [5.74, 6) is 0. The first-order chi connectivity index (χ1) is 3.18. The first-order valence-electron chi connectivity index (χ1n) is 1.75. The summed E-state index contributed by atoms with van der Waals surface area (Å²) >= 11 is 1.78. The van der Waals surface area contributed by atoms with Gasteiger partial charge in [-0.25, -0.2) is 0 Å². The molecule has 0 saturated heterocycles. The van der Waals surface area contributed by atoms with Crippen LogP contribution in [0.15, 0.2) is 0 Å². The van der Waals surface area contributed by atoms with Gasteiger partial charge < -0.3 is 0 Å². The molecule has 3 N–H and O–H groups in total. The van der Waals surface area contributed by atoms with Crippen LogP contribution in [0.5, 0.6) is 0 Å². The van der Waals surface area contributed by atoms with Gasteiger partial charge in [0.1, 0.15) is 0 Å². The molecule has 2 unspecified atom stereocenters. The molecule has 0 heterocycles. The van der Waals surface area contributed by atoms with Crippen molar-refractivity contribution in [3.05, 3.63) is 0 Å². The molecule has 0 aliphatic heterocycles. The number of hydrogen-bond donors (Lipinski definition) is 3. The van der Waals surface area contributed by atoms with Crippen molar-refractivity contribution >= 4 is 0 Å². The molecule has 2 atom stereocenters. The topological polar surface area (TPSA) is 60.7 Å². The second kappa shape index (κ2) is 3.60. The Morgan fingerprint density at radius 2 is 1.86 bits per heavy atom. The molecule has 0 aromatic carbocycles. The summed E-state index contributed by atoms with van der Waals surface area (Å²) in [6, 6.07) is 0. The van der Waals surface area contributed by atoms with Crippen LogP contribution in [0.2, 0.25) is 0 Å². The third-order valence-corrected chi connectivity index (χ3v) is 1.31. The van der Waals surface area contributed by atoms with E-state index in [-0.39, 0.29) is 0 Å². The Morgan fingerprint density at radius 1 is 1.43 bits per heavy atom. The second-order valence-corrected chi connectivity index (χ2v) is 2.36. The summed E-state index contributed by atoms with van der Waals surface area (Å²) in [7, 11) is 0. The van der Waals surface area contributed by atoms with E-state index in [1.165, 1.54) is 0 Å². The quantitative estimate of drug-likeness (QED) is 0.526. The predicted octanol–water partition coefficient (Wildman–Crippen LogP) is -1.80. The van der Waals surface area contributed by atoms with E-state index in [2.05, 4.69) is 0 Å². The van der Waals surface area contributed by atoms with Crippen LogP contribution in [-0.4, -0.2) is 32.4 Å². The molecule has 0 spiro atoms. The van der Waals surface area contributed by atoms with E-state index in [0.29, 0.717) is 0 Å². The number of aliphatic hydroxyl groups is 3. The third kappa shape index (κ3) is 3.22. The molecular weight excluding hydrogens is 281 g/mol. The normalized spacial score (nSPS) is 19.0. The summed E-state index contributed by atoms with van der Waals surface area (Å²) in [5, 5.41) is 24.9. The summed E-state index contributed by atoms with van der Waals surface area (Å²) in [4.78, 5) is 0. The molecule has 0 saturated carbocycles. The maximum atomic E-state index is 8.42. The monoisotopic (exact) mass is 288 g/mol. The minimum atomic E-state index is -1.01. The van der Waals surface area contributed by atoms with Gasteiger partial charge in [0.2, 0.25) is 0 Å². The Morgan fingerprint density at radius 3 is 1.86 bits per heavy atom. The van der Waals surface area contributed by atoms with Gasteiger partial charge in [0.25, 0.3) is 0 Å². The second-order valence-electron chi connectivity index (χ2n) is 1.08. The van der Waals surface area contributed by atoms with Crippen molar-refractivity contribution in [1.82, 2.24) is 0 Å². The summed E-state index contributed by atoms with van der Waals surface area (Å²) in [5.41, 5.74) is 0. The molecule has 0 aliphatic rings. The van der Waals surface area contributed by atoms with Gasteiger partial charge >= 0.3 is 53.4 Å². The van der Waals surface area contributed by atoms with Crippen molar-refractivity contribution in [2.24, 2.45) is 0 Å². The molecule has 0 bridgehead atoms. The molecule has 0 aromatic rings. The van der Waals surface area contributed by atoms with Crippen molar-refractivity contribution in [1.29, 1.82) is 0 Å². The molecule has 3 nitrogen and oxygen atoms in total. The summed E-state index contributed by atoms with van der Waals surface area (Å²) in [6.07, 6.45) is -1.01.